The molecule has 96 valence electrons. The van der Waals surface area contributed by atoms with Gasteiger partial charge in [-0.1, -0.05) is 19.1 Å². The van der Waals surface area contributed by atoms with Gasteiger partial charge in [0.1, 0.15) is 5.75 Å². The zero-order chi connectivity index (χ0) is 12.5. The molecule has 0 bridgehead atoms. The highest BCUT2D eigenvalue weighted by Crippen LogP contribution is 2.29. The predicted molar refractivity (Wildman–Crippen MR) is 73.3 cm³/mol. The lowest BCUT2D eigenvalue weighted by Crippen LogP contribution is -2.15. The fourth-order valence-corrected chi connectivity index (χ4v) is 1.96. The van der Waals surface area contributed by atoms with Crippen molar-refractivity contribution < 1.29 is 9.47 Å². The van der Waals surface area contributed by atoms with Gasteiger partial charge in [-0.25, -0.2) is 0 Å². The van der Waals surface area contributed by atoms with Gasteiger partial charge < -0.3 is 14.8 Å². The molecule has 1 rings (SSSR count). The van der Waals surface area contributed by atoms with Gasteiger partial charge in [-0.05, 0) is 41.9 Å². The van der Waals surface area contributed by atoms with E-state index < -0.39 is 0 Å². The summed E-state index contributed by atoms with van der Waals surface area (Å²) < 4.78 is 11.8. The zero-order valence-electron chi connectivity index (χ0n) is 10.5. The van der Waals surface area contributed by atoms with Gasteiger partial charge in [0.15, 0.2) is 6.79 Å². The normalized spacial score (nSPS) is 10.5. The third-order valence-electron chi connectivity index (χ3n) is 2.28. The molecule has 1 aromatic carbocycles. The van der Waals surface area contributed by atoms with Crippen molar-refractivity contribution in [2.75, 3.05) is 19.9 Å². The molecule has 0 aliphatic carbocycles. The quantitative estimate of drug-likeness (QED) is 0.590. The smallest absolute Gasteiger partial charge is 0.189 e. The second kappa shape index (κ2) is 8.50. The van der Waals surface area contributed by atoms with Crippen molar-refractivity contribution in [3.8, 4) is 5.75 Å². The summed E-state index contributed by atoms with van der Waals surface area (Å²) in [7, 11) is 0. The Morgan fingerprint density at radius 1 is 1.29 bits per heavy atom. The fraction of sp³-hybridized carbons (Fsp3) is 0.538. The van der Waals surface area contributed by atoms with Crippen molar-refractivity contribution in [1.82, 2.24) is 5.32 Å². The van der Waals surface area contributed by atoms with E-state index in [2.05, 4.69) is 34.2 Å². The number of hydrogen-bond acceptors (Lipinski definition) is 3. The van der Waals surface area contributed by atoms with Crippen LogP contribution < -0.4 is 10.1 Å². The van der Waals surface area contributed by atoms with E-state index in [4.69, 9.17) is 9.47 Å². The van der Waals surface area contributed by atoms with Gasteiger partial charge in [0, 0.05) is 18.7 Å². The van der Waals surface area contributed by atoms with Crippen LogP contribution in [0.3, 0.4) is 0 Å². The van der Waals surface area contributed by atoms with Crippen LogP contribution in [0.15, 0.2) is 22.7 Å². The van der Waals surface area contributed by atoms with Gasteiger partial charge in [0.25, 0.3) is 0 Å². The SMILES string of the molecule is CCCNCc1cccc(Br)c1OCOCC. The van der Waals surface area contributed by atoms with Crippen LogP contribution in [-0.4, -0.2) is 19.9 Å². The Morgan fingerprint density at radius 2 is 2.12 bits per heavy atom. The molecule has 0 unspecified atom stereocenters. The minimum Gasteiger partial charge on any atom is -0.466 e. The monoisotopic (exact) mass is 301 g/mol. The molecule has 0 amide bonds. The van der Waals surface area contributed by atoms with Crippen LogP contribution >= 0.6 is 15.9 Å². The number of ether oxygens (including phenoxy) is 2. The summed E-state index contributed by atoms with van der Waals surface area (Å²) in [5.41, 5.74) is 1.15. The minimum atomic E-state index is 0.292. The summed E-state index contributed by atoms with van der Waals surface area (Å²) in [6, 6.07) is 6.06. The van der Waals surface area contributed by atoms with Gasteiger partial charge in [-0.2, -0.15) is 0 Å². The molecular weight excluding hydrogens is 282 g/mol. The van der Waals surface area contributed by atoms with Gasteiger partial charge in [0.2, 0.25) is 0 Å². The third kappa shape index (κ3) is 5.06. The van der Waals surface area contributed by atoms with Crippen molar-refractivity contribution in [3.63, 3.8) is 0 Å². The molecule has 0 atom stereocenters. The highest BCUT2D eigenvalue weighted by Gasteiger charge is 2.07. The zero-order valence-corrected chi connectivity index (χ0v) is 12.0. The molecule has 17 heavy (non-hydrogen) atoms. The third-order valence-corrected chi connectivity index (χ3v) is 2.91. The average Bonchev–Trinajstić information content (AvgIpc) is 2.33. The Morgan fingerprint density at radius 3 is 2.82 bits per heavy atom. The molecule has 1 aromatic rings. The summed E-state index contributed by atoms with van der Waals surface area (Å²) in [4.78, 5) is 0. The summed E-state index contributed by atoms with van der Waals surface area (Å²) in [5, 5.41) is 3.37. The Bertz CT molecular complexity index is 331. The predicted octanol–water partition coefficient (Wildman–Crippen LogP) is 3.32. The Hall–Kier alpha value is -0.580. The number of para-hydroxylation sites is 1. The van der Waals surface area contributed by atoms with Crippen LogP contribution in [0.25, 0.3) is 0 Å². The number of rotatable bonds is 8. The van der Waals surface area contributed by atoms with Crippen LogP contribution in [0, 0.1) is 0 Å². The van der Waals surface area contributed by atoms with E-state index in [-0.39, 0.29) is 0 Å². The lowest BCUT2D eigenvalue weighted by molar-refractivity contribution is 0.0213. The summed E-state index contributed by atoms with van der Waals surface area (Å²) in [6.45, 7) is 6.88. The molecule has 0 saturated heterocycles. The van der Waals surface area contributed by atoms with E-state index in [1.807, 2.05) is 19.1 Å². The van der Waals surface area contributed by atoms with Crippen LogP contribution in [0.2, 0.25) is 0 Å². The number of hydrogen-bond donors (Lipinski definition) is 1. The number of benzene rings is 1. The molecule has 4 heteroatoms. The van der Waals surface area contributed by atoms with Crippen LogP contribution in [-0.2, 0) is 11.3 Å². The maximum Gasteiger partial charge on any atom is 0.189 e. The van der Waals surface area contributed by atoms with Crippen LogP contribution in [0.5, 0.6) is 5.75 Å². The largest absolute Gasteiger partial charge is 0.466 e. The van der Waals surface area contributed by atoms with Crippen molar-refractivity contribution in [2.45, 2.75) is 26.8 Å². The van der Waals surface area contributed by atoms with E-state index in [1.54, 1.807) is 0 Å². The van der Waals surface area contributed by atoms with E-state index >= 15 is 0 Å². The first-order chi connectivity index (χ1) is 8.29. The molecule has 0 aliphatic rings. The second-order valence-electron chi connectivity index (χ2n) is 3.66. The van der Waals surface area contributed by atoms with E-state index in [0.717, 1.165) is 35.3 Å². The lowest BCUT2D eigenvalue weighted by Gasteiger charge is -2.13. The molecule has 3 nitrogen and oxygen atoms in total. The highest BCUT2D eigenvalue weighted by molar-refractivity contribution is 9.10. The molecule has 0 aromatic heterocycles. The summed E-state index contributed by atoms with van der Waals surface area (Å²) >= 11 is 3.50. The van der Waals surface area contributed by atoms with E-state index in [0.29, 0.717) is 13.4 Å². The second-order valence-corrected chi connectivity index (χ2v) is 4.51. The van der Waals surface area contributed by atoms with Crippen molar-refractivity contribution >= 4 is 15.9 Å². The average molecular weight is 302 g/mol. The first-order valence-corrected chi connectivity index (χ1v) is 6.77. The maximum absolute atomic E-state index is 5.63. The van der Waals surface area contributed by atoms with Crippen molar-refractivity contribution in [1.29, 1.82) is 0 Å². The molecule has 0 aliphatic heterocycles. The Labute approximate surface area is 112 Å². The van der Waals surface area contributed by atoms with Crippen molar-refractivity contribution in [3.05, 3.63) is 28.2 Å². The molecule has 0 heterocycles. The van der Waals surface area contributed by atoms with E-state index in [1.165, 1.54) is 0 Å². The standard InChI is InChI=1S/C13H20BrNO2/c1-3-8-15-9-11-6-5-7-12(14)13(11)17-10-16-4-2/h5-7,15H,3-4,8-10H2,1-2H3. The van der Waals surface area contributed by atoms with Gasteiger partial charge in [-0.15, -0.1) is 0 Å². The fourth-order valence-electron chi connectivity index (χ4n) is 1.44. The van der Waals surface area contributed by atoms with Crippen LogP contribution in [0.4, 0.5) is 0 Å². The first kappa shape index (κ1) is 14.5. The maximum atomic E-state index is 5.63. The van der Waals surface area contributed by atoms with Crippen LogP contribution in [0.1, 0.15) is 25.8 Å². The Kier molecular flexibility index (Phi) is 7.24. The van der Waals surface area contributed by atoms with Gasteiger partial charge >= 0.3 is 0 Å². The molecule has 0 fully saturated rings. The van der Waals surface area contributed by atoms with E-state index in [9.17, 15) is 0 Å². The topological polar surface area (TPSA) is 30.5 Å². The molecule has 0 radical (unpaired) electrons. The van der Waals surface area contributed by atoms with Gasteiger partial charge in [-0.3, -0.25) is 0 Å². The lowest BCUT2D eigenvalue weighted by atomic mass is 10.2. The number of nitrogens with one attached hydrogen (secondary N) is 1. The molecule has 0 spiro atoms. The first-order valence-electron chi connectivity index (χ1n) is 5.98. The molecular formula is C13H20BrNO2. The minimum absolute atomic E-state index is 0.292. The number of halogens is 1. The van der Waals surface area contributed by atoms with Crippen molar-refractivity contribution in [2.24, 2.45) is 0 Å². The molecule has 1 N–H and O–H groups in total. The Balaban J connectivity index is 2.63. The summed E-state index contributed by atoms with van der Waals surface area (Å²) in [5.74, 6) is 0.865. The van der Waals surface area contributed by atoms with Gasteiger partial charge in [0.05, 0.1) is 4.47 Å². The summed E-state index contributed by atoms with van der Waals surface area (Å²) in [6.07, 6.45) is 1.13. The molecule has 0 saturated carbocycles. The highest BCUT2D eigenvalue weighted by atomic mass is 79.9.